The van der Waals surface area contributed by atoms with Crippen molar-refractivity contribution in [3.8, 4) is 5.75 Å². The zero-order chi connectivity index (χ0) is 8.39. The summed E-state index contributed by atoms with van der Waals surface area (Å²) in [5.41, 5.74) is 0.989. The van der Waals surface area contributed by atoms with Gasteiger partial charge in [0.1, 0.15) is 5.75 Å². The Morgan fingerprint density at radius 1 is 1.42 bits per heavy atom. The quantitative estimate of drug-likeness (QED) is 0.658. The Hall–Kier alpha value is -0.960. The highest BCUT2D eigenvalue weighted by Crippen LogP contribution is 2.24. The Morgan fingerprint density at radius 2 is 2.25 bits per heavy atom. The molecule has 1 atom stereocenters. The molecule has 0 fully saturated rings. The van der Waals surface area contributed by atoms with Gasteiger partial charge in [0.2, 0.25) is 5.56 Å². The standard InChI is InChI=1S/C9H9NOS/c1-12-9-10-6-7-4-2-3-5-8(7)11-9/h2-6,9H,1H3. The highest BCUT2D eigenvalue weighted by Gasteiger charge is 2.12. The number of ether oxygens (including phenoxy) is 1. The zero-order valence-corrected chi connectivity index (χ0v) is 7.54. The maximum absolute atomic E-state index is 5.55. The van der Waals surface area contributed by atoms with Crippen LogP contribution >= 0.6 is 11.8 Å². The van der Waals surface area contributed by atoms with Crippen molar-refractivity contribution in [3.63, 3.8) is 0 Å². The minimum absolute atomic E-state index is 0.0695. The third kappa shape index (κ3) is 1.32. The van der Waals surface area contributed by atoms with Gasteiger partial charge in [-0.25, -0.2) is 4.99 Å². The highest BCUT2D eigenvalue weighted by atomic mass is 32.2. The van der Waals surface area contributed by atoms with E-state index in [-0.39, 0.29) is 5.56 Å². The van der Waals surface area contributed by atoms with E-state index in [4.69, 9.17) is 4.74 Å². The van der Waals surface area contributed by atoms with E-state index >= 15 is 0 Å². The molecule has 0 bridgehead atoms. The molecule has 62 valence electrons. The van der Waals surface area contributed by atoms with Gasteiger partial charge in [-0.2, -0.15) is 0 Å². The Balaban J connectivity index is 2.33. The van der Waals surface area contributed by atoms with E-state index in [9.17, 15) is 0 Å². The number of fused-ring (bicyclic) bond motifs is 1. The first kappa shape index (κ1) is 7.68. The van der Waals surface area contributed by atoms with Gasteiger partial charge in [0, 0.05) is 11.8 Å². The summed E-state index contributed by atoms with van der Waals surface area (Å²) in [5, 5.41) is 0. The lowest BCUT2D eigenvalue weighted by Crippen LogP contribution is -2.14. The van der Waals surface area contributed by atoms with Crippen LogP contribution < -0.4 is 4.74 Å². The molecule has 1 heterocycles. The lowest BCUT2D eigenvalue weighted by Gasteiger charge is -2.18. The second kappa shape index (κ2) is 3.19. The fourth-order valence-electron chi connectivity index (χ4n) is 1.08. The van der Waals surface area contributed by atoms with Crippen LogP contribution in [-0.4, -0.2) is 18.0 Å². The van der Waals surface area contributed by atoms with Gasteiger partial charge < -0.3 is 4.74 Å². The SMILES string of the molecule is CSC1N=Cc2ccccc2O1. The number of rotatable bonds is 1. The number of thioether (sulfide) groups is 1. The topological polar surface area (TPSA) is 21.6 Å². The molecule has 0 radical (unpaired) electrons. The second-order valence-corrected chi connectivity index (χ2v) is 3.35. The number of para-hydroxylation sites is 1. The molecule has 0 aromatic heterocycles. The summed E-state index contributed by atoms with van der Waals surface area (Å²) in [5.74, 6) is 0.923. The highest BCUT2D eigenvalue weighted by molar-refractivity contribution is 7.99. The lowest BCUT2D eigenvalue weighted by molar-refractivity contribution is 0.294. The number of aliphatic imine (C=N–C) groups is 1. The van der Waals surface area contributed by atoms with Crippen LogP contribution in [0.25, 0.3) is 0 Å². The predicted octanol–water partition coefficient (Wildman–Crippen LogP) is 2.14. The van der Waals surface area contributed by atoms with Crippen molar-refractivity contribution in [2.45, 2.75) is 5.56 Å². The largest absolute Gasteiger partial charge is 0.459 e. The van der Waals surface area contributed by atoms with Gasteiger partial charge in [0.25, 0.3) is 0 Å². The van der Waals surface area contributed by atoms with E-state index in [2.05, 4.69) is 4.99 Å². The molecule has 0 amide bonds. The van der Waals surface area contributed by atoms with Crippen molar-refractivity contribution in [2.24, 2.45) is 4.99 Å². The van der Waals surface area contributed by atoms with E-state index in [1.54, 1.807) is 11.8 Å². The van der Waals surface area contributed by atoms with Crippen LogP contribution in [0.4, 0.5) is 0 Å². The average Bonchev–Trinajstić information content (AvgIpc) is 2.17. The van der Waals surface area contributed by atoms with Crippen LogP contribution in [0.2, 0.25) is 0 Å². The number of hydrogen-bond acceptors (Lipinski definition) is 3. The van der Waals surface area contributed by atoms with Gasteiger partial charge in [-0.1, -0.05) is 23.9 Å². The van der Waals surface area contributed by atoms with Crippen LogP contribution in [-0.2, 0) is 0 Å². The monoisotopic (exact) mass is 179 g/mol. The van der Waals surface area contributed by atoms with Crippen molar-refractivity contribution < 1.29 is 4.74 Å². The normalized spacial score (nSPS) is 19.9. The number of nitrogens with zero attached hydrogens (tertiary/aromatic N) is 1. The molecular formula is C9H9NOS. The smallest absolute Gasteiger partial charge is 0.237 e. The van der Waals surface area contributed by atoms with E-state index in [0.717, 1.165) is 11.3 Å². The lowest BCUT2D eigenvalue weighted by atomic mass is 10.2. The summed E-state index contributed by atoms with van der Waals surface area (Å²) in [7, 11) is 0. The first-order chi connectivity index (χ1) is 5.90. The van der Waals surface area contributed by atoms with Gasteiger partial charge in [-0.05, 0) is 18.4 Å². The fraction of sp³-hybridized carbons (Fsp3) is 0.222. The number of benzene rings is 1. The molecule has 2 nitrogen and oxygen atoms in total. The number of hydrogen-bond donors (Lipinski definition) is 0. The third-order valence-corrected chi connectivity index (χ3v) is 2.30. The van der Waals surface area contributed by atoms with Gasteiger partial charge in [-0.3, -0.25) is 0 Å². The van der Waals surface area contributed by atoms with Crippen LogP contribution in [0.3, 0.4) is 0 Å². The summed E-state index contributed by atoms with van der Waals surface area (Å²) in [6, 6.07) is 7.90. The molecule has 3 heteroatoms. The van der Waals surface area contributed by atoms with Gasteiger partial charge in [0.15, 0.2) is 0 Å². The van der Waals surface area contributed by atoms with Crippen molar-refractivity contribution >= 4 is 18.0 Å². The van der Waals surface area contributed by atoms with Crippen LogP contribution in [0, 0.1) is 0 Å². The molecule has 1 aromatic rings. The molecule has 0 saturated carbocycles. The molecule has 0 N–H and O–H groups in total. The molecule has 12 heavy (non-hydrogen) atoms. The average molecular weight is 179 g/mol. The Morgan fingerprint density at radius 3 is 3.08 bits per heavy atom. The van der Waals surface area contributed by atoms with Crippen LogP contribution in [0.5, 0.6) is 5.75 Å². The summed E-state index contributed by atoms with van der Waals surface area (Å²) in [6.07, 6.45) is 3.84. The van der Waals surface area contributed by atoms with Gasteiger partial charge >= 0.3 is 0 Å². The Labute approximate surface area is 75.7 Å². The molecule has 2 rings (SSSR count). The Bertz CT molecular complexity index is 311. The van der Waals surface area contributed by atoms with Gasteiger partial charge in [0.05, 0.1) is 0 Å². The van der Waals surface area contributed by atoms with Crippen molar-refractivity contribution in [2.75, 3.05) is 6.26 Å². The van der Waals surface area contributed by atoms with E-state index in [1.807, 2.05) is 36.7 Å². The minimum atomic E-state index is -0.0695. The van der Waals surface area contributed by atoms with Crippen LogP contribution in [0.1, 0.15) is 5.56 Å². The second-order valence-electron chi connectivity index (χ2n) is 2.48. The molecule has 1 unspecified atom stereocenters. The van der Waals surface area contributed by atoms with Gasteiger partial charge in [-0.15, -0.1) is 0 Å². The third-order valence-electron chi connectivity index (χ3n) is 1.68. The first-order valence-corrected chi connectivity index (χ1v) is 5.00. The molecule has 1 aliphatic heterocycles. The van der Waals surface area contributed by atoms with E-state index in [1.165, 1.54) is 0 Å². The predicted molar refractivity (Wildman–Crippen MR) is 52.0 cm³/mol. The summed E-state index contributed by atoms with van der Waals surface area (Å²) in [6.45, 7) is 0. The zero-order valence-electron chi connectivity index (χ0n) is 6.73. The van der Waals surface area contributed by atoms with E-state index < -0.39 is 0 Å². The molecule has 1 aliphatic rings. The maximum atomic E-state index is 5.55. The first-order valence-electron chi connectivity index (χ1n) is 3.72. The van der Waals surface area contributed by atoms with E-state index in [0.29, 0.717) is 0 Å². The molecule has 1 aromatic carbocycles. The molecule has 0 saturated heterocycles. The minimum Gasteiger partial charge on any atom is -0.459 e. The summed E-state index contributed by atoms with van der Waals surface area (Å²) in [4.78, 5) is 4.20. The van der Waals surface area contributed by atoms with Crippen molar-refractivity contribution in [3.05, 3.63) is 29.8 Å². The summed E-state index contributed by atoms with van der Waals surface area (Å²) >= 11 is 1.59. The molecule has 0 spiro atoms. The Kier molecular flexibility index (Phi) is 2.04. The summed E-state index contributed by atoms with van der Waals surface area (Å²) < 4.78 is 5.55. The maximum Gasteiger partial charge on any atom is 0.237 e. The molecular weight excluding hydrogens is 170 g/mol. The fourth-order valence-corrected chi connectivity index (χ4v) is 1.47. The molecule has 0 aliphatic carbocycles. The van der Waals surface area contributed by atoms with Crippen molar-refractivity contribution in [1.29, 1.82) is 0 Å². The van der Waals surface area contributed by atoms with Crippen LogP contribution in [0.15, 0.2) is 29.3 Å². The van der Waals surface area contributed by atoms with Crippen molar-refractivity contribution in [1.82, 2.24) is 0 Å².